The zero-order chi connectivity index (χ0) is 16.8. The number of piperidine rings is 1. The van der Waals surface area contributed by atoms with Crippen LogP contribution in [0.2, 0.25) is 0 Å². The molecule has 1 N–H and O–H groups in total. The highest BCUT2D eigenvalue weighted by atomic mass is 16.2. The topological polar surface area (TPSA) is 52.6 Å². The first kappa shape index (κ1) is 16.7. The van der Waals surface area contributed by atoms with Crippen molar-refractivity contribution >= 4 is 11.9 Å². The lowest BCUT2D eigenvalue weighted by atomic mass is 9.64. The van der Waals surface area contributed by atoms with Gasteiger partial charge in [-0.1, -0.05) is 27.7 Å². The molecule has 130 valence electrons. The van der Waals surface area contributed by atoms with Crippen LogP contribution < -0.4 is 5.32 Å². The minimum Gasteiger partial charge on any atom is -0.323 e. The van der Waals surface area contributed by atoms with Gasteiger partial charge in [-0.3, -0.25) is 9.69 Å². The summed E-state index contributed by atoms with van der Waals surface area (Å²) in [6.07, 6.45) is 4.94. The first-order valence-corrected chi connectivity index (χ1v) is 9.07. The Labute approximate surface area is 139 Å². The monoisotopic (exact) mass is 321 g/mol. The Kier molecular flexibility index (Phi) is 4.20. The van der Waals surface area contributed by atoms with E-state index in [4.69, 9.17) is 0 Å². The molecule has 2 atom stereocenters. The van der Waals surface area contributed by atoms with Gasteiger partial charge in [-0.25, -0.2) is 9.69 Å². The largest absolute Gasteiger partial charge is 0.326 e. The molecule has 0 bridgehead atoms. The summed E-state index contributed by atoms with van der Waals surface area (Å²) in [4.78, 5) is 29.3. The maximum Gasteiger partial charge on any atom is 0.326 e. The third-order valence-electron chi connectivity index (χ3n) is 5.84. The predicted molar refractivity (Wildman–Crippen MR) is 89.7 cm³/mol. The quantitative estimate of drug-likeness (QED) is 0.796. The molecule has 2 unspecified atom stereocenters. The molecule has 0 aromatic carbocycles. The molecule has 23 heavy (non-hydrogen) atoms. The molecule has 3 fully saturated rings. The number of imide groups is 1. The highest BCUT2D eigenvalue weighted by molar-refractivity contribution is 6.07. The minimum absolute atomic E-state index is 0.000692. The number of urea groups is 1. The summed E-state index contributed by atoms with van der Waals surface area (Å²) in [6, 6.07) is -0.196. The number of hydrogen-bond acceptors (Lipinski definition) is 3. The molecule has 1 aliphatic carbocycles. The number of rotatable bonds is 2. The van der Waals surface area contributed by atoms with Crippen LogP contribution in [0.25, 0.3) is 0 Å². The highest BCUT2D eigenvalue weighted by Crippen LogP contribution is 2.46. The molecule has 0 aromatic rings. The Bertz CT molecular complexity index is 496. The second-order valence-electron chi connectivity index (χ2n) is 9.04. The summed E-state index contributed by atoms with van der Waals surface area (Å²) in [5.74, 6) is 1.21. The SMILES string of the molecule is CC1CCN(CN2C(=O)NC3(CC(C)CC(C)(C)C3)C2=O)CC1. The van der Waals surface area contributed by atoms with Crippen LogP contribution in [-0.2, 0) is 4.79 Å². The van der Waals surface area contributed by atoms with E-state index in [1.165, 1.54) is 4.90 Å². The Morgan fingerprint density at radius 1 is 1.09 bits per heavy atom. The summed E-state index contributed by atoms with van der Waals surface area (Å²) in [6.45, 7) is 11.3. The molecule has 0 aromatic heterocycles. The van der Waals surface area contributed by atoms with Crippen molar-refractivity contribution in [2.45, 2.75) is 65.3 Å². The maximum atomic E-state index is 13.1. The number of amides is 3. The molecule has 0 radical (unpaired) electrons. The molecule has 1 spiro atoms. The molecule has 3 amide bonds. The molecule has 2 heterocycles. The van der Waals surface area contributed by atoms with E-state index < -0.39 is 5.54 Å². The van der Waals surface area contributed by atoms with E-state index in [1.807, 2.05) is 0 Å². The number of carbonyl (C=O) groups is 2. The van der Waals surface area contributed by atoms with Gasteiger partial charge in [-0.15, -0.1) is 0 Å². The van der Waals surface area contributed by atoms with Gasteiger partial charge in [0.2, 0.25) is 0 Å². The number of hydrogen-bond donors (Lipinski definition) is 1. The van der Waals surface area contributed by atoms with Gasteiger partial charge in [0.15, 0.2) is 0 Å². The Morgan fingerprint density at radius 3 is 2.35 bits per heavy atom. The van der Waals surface area contributed by atoms with Gasteiger partial charge in [-0.2, -0.15) is 0 Å². The van der Waals surface area contributed by atoms with Gasteiger partial charge in [0.1, 0.15) is 5.54 Å². The normalized spacial score (nSPS) is 35.8. The zero-order valence-corrected chi connectivity index (χ0v) is 15.0. The zero-order valence-electron chi connectivity index (χ0n) is 15.0. The Hall–Kier alpha value is -1.10. The summed E-state index contributed by atoms with van der Waals surface area (Å²) in [5, 5.41) is 3.06. The number of likely N-dealkylation sites (tertiary alicyclic amines) is 1. The first-order chi connectivity index (χ1) is 10.7. The summed E-state index contributed by atoms with van der Waals surface area (Å²) >= 11 is 0. The molecule has 3 rings (SSSR count). The predicted octanol–water partition coefficient (Wildman–Crippen LogP) is 2.81. The molecule has 2 saturated heterocycles. The van der Waals surface area contributed by atoms with Gasteiger partial charge in [0, 0.05) is 13.1 Å². The van der Waals surface area contributed by atoms with Crippen LogP contribution in [0.15, 0.2) is 0 Å². The molecule has 3 aliphatic rings. The van der Waals surface area contributed by atoms with Gasteiger partial charge in [0.05, 0.1) is 6.67 Å². The van der Waals surface area contributed by atoms with Crippen LogP contribution >= 0.6 is 0 Å². The molecule has 1 saturated carbocycles. The number of carbonyl (C=O) groups excluding carboxylic acids is 2. The van der Waals surface area contributed by atoms with E-state index in [9.17, 15) is 9.59 Å². The van der Waals surface area contributed by atoms with E-state index in [-0.39, 0.29) is 17.4 Å². The molecule has 5 nitrogen and oxygen atoms in total. The van der Waals surface area contributed by atoms with Crippen molar-refractivity contribution in [2.75, 3.05) is 19.8 Å². The van der Waals surface area contributed by atoms with Crippen LogP contribution in [0.3, 0.4) is 0 Å². The second kappa shape index (κ2) is 5.76. The van der Waals surface area contributed by atoms with Crippen molar-refractivity contribution in [1.29, 1.82) is 0 Å². The van der Waals surface area contributed by atoms with Gasteiger partial charge in [-0.05, 0) is 49.4 Å². The van der Waals surface area contributed by atoms with Crippen LogP contribution in [0.1, 0.15) is 59.8 Å². The Balaban J connectivity index is 1.72. The average Bonchev–Trinajstić information content (AvgIpc) is 2.62. The third-order valence-corrected chi connectivity index (χ3v) is 5.84. The van der Waals surface area contributed by atoms with Crippen molar-refractivity contribution < 1.29 is 9.59 Å². The standard InChI is InChI=1S/C18H31N3O2/c1-13-5-7-20(8-6-13)12-21-15(22)18(19-16(21)23)10-14(2)9-17(3,4)11-18/h13-14H,5-12H2,1-4H3,(H,19,23). The fraction of sp³-hybridized carbons (Fsp3) is 0.889. The van der Waals surface area contributed by atoms with Crippen LogP contribution in [-0.4, -0.2) is 47.0 Å². The van der Waals surface area contributed by atoms with Crippen LogP contribution in [0, 0.1) is 17.3 Å². The van der Waals surface area contributed by atoms with E-state index in [1.54, 1.807) is 0 Å². The van der Waals surface area contributed by atoms with Crippen LogP contribution in [0.4, 0.5) is 4.79 Å². The fourth-order valence-electron chi connectivity index (χ4n) is 5.04. The first-order valence-electron chi connectivity index (χ1n) is 9.07. The van der Waals surface area contributed by atoms with Crippen molar-refractivity contribution in [1.82, 2.24) is 15.1 Å². The van der Waals surface area contributed by atoms with Crippen molar-refractivity contribution in [3.8, 4) is 0 Å². The van der Waals surface area contributed by atoms with Gasteiger partial charge in [0.25, 0.3) is 5.91 Å². The highest BCUT2D eigenvalue weighted by Gasteiger charge is 2.56. The fourth-order valence-corrected chi connectivity index (χ4v) is 5.04. The number of nitrogens with zero attached hydrogens (tertiary/aromatic N) is 2. The third kappa shape index (κ3) is 3.25. The van der Waals surface area contributed by atoms with E-state index in [0.29, 0.717) is 12.6 Å². The summed E-state index contributed by atoms with van der Waals surface area (Å²) < 4.78 is 0. The average molecular weight is 321 g/mol. The van der Waals surface area contributed by atoms with Gasteiger partial charge < -0.3 is 5.32 Å². The van der Waals surface area contributed by atoms with E-state index >= 15 is 0 Å². The summed E-state index contributed by atoms with van der Waals surface area (Å²) in [7, 11) is 0. The lowest BCUT2D eigenvalue weighted by Crippen LogP contribution is -2.54. The molecular formula is C18H31N3O2. The smallest absolute Gasteiger partial charge is 0.323 e. The van der Waals surface area contributed by atoms with Crippen molar-refractivity contribution in [3.05, 3.63) is 0 Å². The lowest BCUT2D eigenvalue weighted by Gasteiger charge is -2.44. The molecular weight excluding hydrogens is 290 g/mol. The molecule has 2 aliphatic heterocycles. The number of nitrogens with one attached hydrogen (secondary N) is 1. The van der Waals surface area contributed by atoms with E-state index in [0.717, 1.165) is 51.1 Å². The molecule has 5 heteroatoms. The lowest BCUT2D eigenvalue weighted by molar-refractivity contribution is -0.136. The summed E-state index contributed by atoms with van der Waals surface area (Å²) in [5.41, 5.74) is -0.571. The minimum atomic E-state index is -0.665. The van der Waals surface area contributed by atoms with Crippen molar-refractivity contribution in [3.63, 3.8) is 0 Å². The maximum absolute atomic E-state index is 13.1. The van der Waals surface area contributed by atoms with E-state index in [2.05, 4.69) is 37.9 Å². The van der Waals surface area contributed by atoms with Gasteiger partial charge >= 0.3 is 6.03 Å². The van der Waals surface area contributed by atoms with Crippen molar-refractivity contribution in [2.24, 2.45) is 17.3 Å². The second-order valence-corrected chi connectivity index (χ2v) is 9.04. The Morgan fingerprint density at radius 2 is 1.74 bits per heavy atom. The van der Waals surface area contributed by atoms with Crippen LogP contribution in [0.5, 0.6) is 0 Å².